The van der Waals surface area contributed by atoms with Crippen molar-refractivity contribution in [2.24, 2.45) is 5.92 Å². The van der Waals surface area contributed by atoms with E-state index in [2.05, 4.69) is 0 Å². The van der Waals surface area contributed by atoms with Crippen LogP contribution in [0.1, 0.15) is 37.3 Å². The van der Waals surface area contributed by atoms with E-state index >= 15 is 0 Å². The molecule has 5 aliphatic heterocycles. The largest absolute Gasteiger partial charge is 0.447 e. The van der Waals surface area contributed by atoms with E-state index in [1.54, 1.807) is 20.8 Å². The Labute approximate surface area is 280 Å². The van der Waals surface area contributed by atoms with Gasteiger partial charge in [0.15, 0.2) is 13.9 Å². The van der Waals surface area contributed by atoms with Crippen LogP contribution in [0.25, 0.3) is 0 Å². The Morgan fingerprint density at radius 2 is 1.67 bits per heavy atom. The van der Waals surface area contributed by atoms with Gasteiger partial charge in [0.2, 0.25) is 5.91 Å². The van der Waals surface area contributed by atoms with Crippen LogP contribution in [0, 0.1) is 5.92 Å². The molecule has 0 aromatic heterocycles. The van der Waals surface area contributed by atoms with Crippen molar-refractivity contribution < 1.29 is 43.3 Å². The number of hydrogen-bond acceptors (Lipinski definition) is 9. The highest BCUT2D eigenvalue weighted by molar-refractivity contribution is 6.71. The fourth-order valence-electron chi connectivity index (χ4n) is 8.49. The number of fused-ring (bicyclic) bond motifs is 2. The Bertz CT molecular complexity index is 1650. The molecule has 5 atom stereocenters. The maximum absolute atomic E-state index is 15.0. The number of amides is 4. The minimum atomic E-state index is -3.05. The van der Waals surface area contributed by atoms with E-state index in [9.17, 15) is 29.1 Å². The Morgan fingerprint density at radius 3 is 2.29 bits per heavy atom. The van der Waals surface area contributed by atoms with Crippen LogP contribution >= 0.6 is 0 Å². The van der Waals surface area contributed by atoms with Gasteiger partial charge in [-0.05, 0) is 61.8 Å². The number of rotatable bonds is 8. The first-order valence-electron chi connectivity index (χ1n) is 16.7. The predicted molar refractivity (Wildman–Crippen MR) is 177 cm³/mol. The summed E-state index contributed by atoms with van der Waals surface area (Å²) in [5.41, 5.74) is 1.19. The summed E-state index contributed by atoms with van der Waals surface area (Å²) in [5.74, 6) is -1.00. The minimum Gasteiger partial charge on any atom is -0.447 e. The van der Waals surface area contributed by atoms with Gasteiger partial charge in [-0.15, -0.1) is 0 Å². The topological polar surface area (TPSA) is 149 Å². The molecule has 0 bridgehead atoms. The van der Waals surface area contributed by atoms with Crippen LogP contribution in [0.3, 0.4) is 0 Å². The average molecular weight is 679 g/mol. The smallest absolute Gasteiger partial charge is 0.414 e. The van der Waals surface area contributed by atoms with Crippen molar-refractivity contribution in [3.8, 4) is 0 Å². The quantitative estimate of drug-likeness (QED) is 0.401. The number of nitrogens with zero attached hydrogens (tertiary/aromatic N) is 4. The number of carbonyl (C=O) groups excluding carboxylic acids is 4. The second-order valence-corrected chi connectivity index (χ2v) is 17.9. The number of cyclic esters (lactones) is 2. The fraction of sp³-hybridized carbons (Fsp3) is 0.529. The molecule has 4 amide bonds. The lowest BCUT2D eigenvalue weighted by Gasteiger charge is -2.33. The van der Waals surface area contributed by atoms with Gasteiger partial charge in [-0.25, -0.2) is 9.59 Å². The van der Waals surface area contributed by atoms with Gasteiger partial charge < -0.3 is 33.9 Å². The van der Waals surface area contributed by atoms with Crippen LogP contribution in [0.5, 0.6) is 0 Å². The first-order chi connectivity index (χ1) is 22.9. The molecule has 2 N–H and O–H groups in total. The van der Waals surface area contributed by atoms with Crippen LogP contribution in [0.4, 0.5) is 26.7 Å². The Balaban J connectivity index is 1.28. The molecule has 7 rings (SSSR count). The number of anilines is 3. The monoisotopic (exact) mass is 678 g/mol. The molecule has 4 saturated heterocycles. The molecule has 2 aromatic rings. The van der Waals surface area contributed by atoms with E-state index in [-0.39, 0.29) is 44.0 Å². The van der Waals surface area contributed by atoms with Crippen molar-refractivity contribution in [1.82, 2.24) is 4.90 Å². The molecule has 13 nitrogen and oxygen atoms in total. The molecule has 0 saturated carbocycles. The number of aliphatic hydroxyl groups excluding tert-OH is 1. The van der Waals surface area contributed by atoms with Gasteiger partial charge in [-0.2, -0.15) is 0 Å². The summed E-state index contributed by atoms with van der Waals surface area (Å²) >= 11 is 0. The van der Waals surface area contributed by atoms with E-state index in [0.717, 1.165) is 18.4 Å². The summed E-state index contributed by atoms with van der Waals surface area (Å²) in [6.07, 6.45) is -0.149. The van der Waals surface area contributed by atoms with Gasteiger partial charge in [0.1, 0.15) is 13.2 Å². The van der Waals surface area contributed by atoms with Crippen molar-refractivity contribution >= 4 is 49.4 Å². The second-order valence-electron chi connectivity index (χ2n) is 13.9. The third-order valence-electron chi connectivity index (χ3n) is 10.6. The highest BCUT2D eigenvalue weighted by atomic mass is 28.4. The van der Waals surface area contributed by atoms with Gasteiger partial charge in [0.05, 0.1) is 50.5 Å². The summed E-state index contributed by atoms with van der Waals surface area (Å²) in [6, 6.07) is 12.6. The summed E-state index contributed by atoms with van der Waals surface area (Å²) in [4.78, 5) is 71.6. The van der Waals surface area contributed by atoms with Crippen LogP contribution in [-0.2, 0) is 35.9 Å². The lowest BCUT2D eigenvalue weighted by Crippen LogP contribution is -2.46. The summed E-state index contributed by atoms with van der Waals surface area (Å²) < 4.78 is 17.2. The molecule has 0 aliphatic carbocycles. The molecule has 14 heteroatoms. The number of carbonyl (C=O) groups is 4. The predicted octanol–water partition coefficient (Wildman–Crippen LogP) is 3.32. The van der Waals surface area contributed by atoms with E-state index in [1.165, 1.54) is 4.90 Å². The van der Waals surface area contributed by atoms with Gasteiger partial charge >= 0.3 is 12.2 Å². The van der Waals surface area contributed by atoms with E-state index in [0.29, 0.717) is 48.9 Å². The van der Waals surface area contributed by atoms with Crippen LogP contribution in [0.15, 0.2) is 42.5 Å². The van der Waals surface area contributed by atoms with Crippen molar-refractivity contribution in [2.75, 3.05) is 54.2 Å². The highest BCUT2D eigenvalue weighted by Crippen LogP contribution is 2.60. The van der Waals surface area contributed by atoms with Gasteiger partial charge in [0.25, 0.3) is 5.91 Å². The number of aliphatic hydroxyl groups is 1. The molecule has 256 valence electrons. The Kier molecular flexibility index (Phi) is 8.25. The fourth-order valence-corrected chi connectivity index (χ4v) is 11.0. The van der Waals surface area contributed by atoms with Gasteiger partial charge in [-0.3, -0.25) is 19.4 Å². The van der Waals surface area contributed by atoms with E-state index in [1.807, 2.05) is 56.4 Å². The molecular formula is C34H42N4O9Si. The zero-order chi connectivity index (χ0) is 34.0. The summed E-state index contributed by atoms with van der Waals surface area (Å²) in [5, 5.41) is 9.89. The SMILES string of the molecule is C[C@H]1[C@H]([Si](C)(C)O)[C@@H](CC(=O)N2CCC[C@H]2CO)O[C@]12C(=O)N(Cc1cccc(N3CCOC3=O)c1)c1ccc(N3CCOC3=O)cc12. The standard InChI is InChI=1S/C34H42N4O9Si/c1-21-30(48(2,3)44)28(18-29(40)35-11-5-8-25(35)20-39)47-34(21)26-17-24(37-13-15-46-33(37)43)9-10-27(26)38(31(34)41)19-22-6-4-7-23(16-22)36-12-14-45-32(36)42/h4,6-7,9-10,16-17,21,25,28,30,39,44H,5,8,11-15,18-20H2,1-3H3/t21-,25-,28+,30-,34+/m0/s1. The molecule has 5 aliphatic rings. The molecule has 0 radical (unpaired) electrons. The van der Waals surface area contributed by atoms with Crippen molar-refractivity contribution in [2.45, 2.75) is 69.1 Å². The summed E-state index contributed by atoms with van der Waals surface area (Å²) in [6.45, 7) is 7.48. The van der Waals surface area contributed by atoms with Crippen LogP contribution < -0.4 is 14.7 Å². The minimum absolute atomic E-state index is 0.0288. The Hall–Kier alpha value is -3.98. The van der Waals surface area contributed by atoms with Crippen LogP contribution in [-0.4, -0.2) is 98.7 Å². The number of benzene rings is 2. The first-order valence-corrected chi connectivity index (χ1v) is 19.7. The van der Waals surface area contributed by atoms with Gasteiger partial charge in [-0.1, -0.05) is 19.1 Å². The zero-order valence-electron chi connectivity index (χ0n) is 27.5. The maximum Gasteiger partial charge on any atom is 0.414 e. The third-order valence-corrected chi connectivity index (χ3v) is 13.2. The maximum atomic E-state index is 15.0. The highest BCUT2D eigenvalue weighted by Gasteiger charge is 2.66. The van der Waals surface area contributed by atoms with Crippen molar-refractivity contribution in [3.05, 3.63) is 53.6 Å². The number of likely N-dealkylation sites (tertiary alicyclic amines) is 1. The normalized spacial score (nSPS) is 28.6. The first kappa shape index (κ1) is 32.6. The van der Waals surface area contributed by atoms with E-state index < -0.39 is 43.7 Å². The molecule has 5 heterocycles. The van der Waals surface area contributed by atoms with Crippen LogP contribution in [0.2, 0.25) is 18.6 Å². The second kappa shape index (κ2) is 12.2. The average Bonchev–Trinajstić information content (AvgIpc) is 3.87. The molecule has 48 heavy (non-hydrogen) atoms. The molecular weight excluding hydrogens is 636 g/mol. The zero-order valence-corrected chi connectivity index (χ0v) is 28.5. The van der Waals surface area contributed by atoms with Gasteiger partial charge in [0, 0.05) is 34.9 Å². The molecule has 2 aromatic carbocycles. The Morgan fingerprint density at radius 1 is 0.979 bits per heavy atom. The molecule has 1 spiro atoms. The third kappa shape index (κ3) is 5.25. The van der Waals surface area contributed by atoms with E-state index in [4.69, 9.17) is 14.2 Å². The lowest BCUT2D eigenvalue weighted by atomic mass is 9.82. The van der Waals surface area contributed by atoms with Crippen molar-refractivity contribution in [3.63, 3.8) is 0 Å². The summed E-state index contributed by atoms with van der Waals surface area (Å²) in [7, 11) is -3.05. The molecule has 0 unspecified atom stereocenters. The number of ether oxygens (including phenoxy) is 3. The number of hydrogen-bond donors (Lipinski definition) is 2. The lowest BCUT2D eigenvalue weighted by molar-refractivity contribution is -0.150. The van der Waals surface area contributed by atoms with Crippen molar-refractivity contribution in [1.29, 1.82) is 0 Å². The molecule has 4 fully saturated rings.